The Morgan fingerprint density at radius 1 is 1.25 bits per heavy atom. The summed E-state index contributed by atoms with van der Waals surface area (Å²) in [5, 5.41) is 2.98. The number of thiocarbonyl (C=S) groups is 1. The van der Waals surface area contributed by atoms with Crippen molar-refractivity contribution in [2.75, 3.05) is 0 Å². The topological polar surface area (TPSA) is 55.1 Å². The van der Waals surface area contributed by atoms with Gasteiger partial charge in [-0.15, -0.1) is 0 Å². The van der Waals surface area contributed by atoms with Crippen LogP contribution in [0.3, 0.4) is 0 Å². The van der Waals surface area contributed by atoms with Gasteiger partial charge in [-0.05, 0) is 31.4 Å². The highest BCUT2D eigenvalue weighted by molar-refractivity contribution is 7.80. The van der Waals surface area contributed by atoms with Crippen molar-refractivity contribution in [3.8, 4) is 0 Å². The highest BCUT2D eigenvalue weighted by Gasteiger charge is 2.19. The summed E-state index contributed by atoms with van der Waals surface area (Å²) in [5.74, 6) is -0.0146. The van der Waals surface area contributed by atoms with E-state index in [-0.39, 0.29) is 5.91 Å². The number of rotatable bonds is 3. The molecule has 1 aromatic rings. The van der Waals surface area contributed by atoms with Crippen LogP contribution in [0.15, 0.2) is 24.3 Å². The molecule has 2 rings (SSSR count). The van der Waals surface area contributed by atoms with E-state index in [1.807, 2.05) is 0 Å². The molecule has 0 heterocycles. The van der Waals surface area contributed by atoms with Crippen LogP contribution in [-0.2, 0) is 0 Å². The number of nitrogens with one attached hydrogen (secondary N) is 1. The minimum atomic E-state index is -0.0146. The third-order valence-electron chi connectivity index (χ3n) is 2.87. The number of nitrogens with two attached hydrogens (primary N) is 1. The Morgan fingerprint density at radius 2 is 1.81 bits per heavy atom. The van der Waals surface area contributed by atoms with Crippen LogP contribution in [0.4, 0.5) is 0 Å². The molecule has 84 valence electrons. The smallest absolute Gasteiger partial charge is 0.251 e. The van der Waals surface area contributed by atoms with Crippen molar-refractivity contribution in [1.82, 2.24) is 5.32 Å². The molecule has 0 radical (unpaired) electrons. The number of amides is 1. The van der Waals surface area contributed by atoms with E-state index in [1.54, 1.807) is 24.3 Å². The summed E-state index contributed by atoms with van der Waals surface area (Å²) in [5.41, 5.74) is 6.93. The van der Waals surface area contributed by atoms with Crippen LogP contribution >= 0.6 is 12.2 Å². The molecule has 0 spiro atoms. The van der Waals surface area contributed by atoms with Crippen LogP contribution in [0, 0.1) is 0 Å². The van der Waals surface area contributed by atoms with Crippen molar-refractivity contribution in [3.63, 3.8) is 0 Å². The summed E-state index contributed by atoms with van der Waals surface area (Å²) in [4.78, 5) is 12.1. The third-order valence-corrected chi connectivity index (χ3v) is 3.11. The Hall–Kier alpha value is -1.42. The number of hydrogen-bond donors (Lipinski definition) is 2. The second kappa shape index (κ2) is 4.61. The van der Waals surface area contributed by atoms with Crippen LogP contribution < -0.4 is 11.1 Å². The first kappa shape index (κ1) is 11.1. The zero-order chi connectivity index (χ0) is 11.5. The maximum atomic E-state index is 11.8. The number of benzene rings is 1. The SMILES string of the molecule is NC(=S)c1ccc(C(=O)NC2CCC2)cc1. The Kier molecular flexibility index (Phi) is 3.19. The lowest BCUT2D eigenvalue weighted by Gasteiger charge is -2.26. The van der Waals surface area contributed by atoms with Gasteiger partial charge >= 0.3 is 0 Å². The van der Waals surface area contributed by atoms with E-state index in [1.165, 1.54) is 6.42 Å². The number of hydrogen-bond acceptors (Lipinski definition) is 2. The van der Waals surface area contributed by atoms with Crippen LogP contribution in [0.2, 0.25) is 0 Å². The van der Waals surface area contributed by atoms with E-state index in [0.29, 0.717) is 16.6 Å². The molecule has 3 nitrogen and oxygen atoms in total. The molecule has 1 saturated carbocycles. The average molecular weight is 234 g/mol. The van der Waals surface area contributed by atoms with E-state index in [0.717, 1.165) is 18.4 Å². The van der Waals surface area contributed by atoms with E-state index in [2.05, 4.69) is 5.32 Å². The Bertz CT molecular complexity index is 410. The second-order valence-corrected chi connectivity index (χ2v) is 4.48. The van der Waals surface area contributed by atoms with E-state index >= 15 is 0 Å². The molecule has 3 N–H and O–H groups in total. The largest absolute Gasteiger partial charge is 0.389 e. The first-order chi connectivity index (χ1) is 7.66. The summed E-state index contributed by atoms with van der Waals surface area (Å²) >= 11 is 4.85. The second-order valence-electron chi connectivity index (χ2n) is 4.04. The summed E-state index contributed by atoms with van der Waals surface area (Å²) in [7, 11) is 0. The maximum absolute atomic E-state index is 11.8. The van der Waals surface area contributed by atoms with Crippen LogP contribution in [0.25, 0.3) is 0 Å². The van der Waals surface area contributed by atoms with E-state index in [9.17, 15) is 4.79 Å². The van der Waals surface area contributed by atoms with Crippen molar-refractivity contribution in [2.24, 2.45) is 5.73 Å². The first-order valence-electron chi connectivity index (χ1n) is 5.37. The van der Waals surface area contributed by atoms with E-state index < -0.39 is 0 Å². The standard InChI is InChI=1S/C12H14N2OS/c13-11(16)8-4-6-9(7-5-8)12(15)14-10-2-1-3-10/h4-7,10H,1-3H2,(H2,13,16)(H,14,15). The van der Waals surface area contributed by atoms with Crippen molar-refractivity contribution < 1.29 is 4.79 Å². The lowest BCUT2D eigenvalue weighted by Crippen LogP contribution is -2.39. The molecule has 1 aromatic carbocycles. The molecule has 1 aliphatic carbocycles. The molecular formula is C12H14N2OS. The third kappa shape index (κ3) is 2.39. The fraction of sp³-hybridized carbons (Fsp3) is 0.333. The summed E-state index contributed by atoms with van der Waals surface area (Å²) in [6.07, 6.45) is 3.40. The number of carbonyl (C=O) groups excluding carboxylic acids is 1. The molecule has 0 aliphatic heterocycles. The molecule has 1 aliphatic rings. The average Bonchev–Trinajstić information content (AvgIpc) is 2.23. The lowest BCUT2D eigenvalue weighted by molar-refractivity contribution is 0.0917. The Balaban J connectivity index is 2.02. The predicted octanol–water partition coefficient (Wildman–Crippen LogP) is 1.60. The zero-order valence-electron chi connectivity index (χ0n) is 8.90. The lowest BCUT2D eigenvalue weighted by atomic mass is 9.93. The Labute approximate surface area is 100 Å². The predicted molar refractivity (Wildman–Crippen MR) is 67.4 cm³/mol. The van der Waals surface area contributed by atoms with Crippen molar-refractivity contribution >= 4 is 23.1 Å². The van der Waals surface area contributed by atoms with Gasteiger partial charge in [0.25, 0.3) is 5.91 Å². The van der Waals surface area contributed by atoms with Gasteiger partial charge in [0, 0.05) is 17.2 Å². The van der Waals surface area contributed by atoms with Crippen molar-refractivity contribution in [3.05, 3.63) is 35.4 Å². The Morgan fingerprint density at radius 3 is 2.25 bits per heavy atom. The molecule has 0 saturated heterocycles. The summed E-state index contributed by atoms with van der Waals surface area (Å²) in [6, 6.07) is 7.42. The summed E-state index contributed by atoms with van der Waals surface area (Å²) in [6.45, 7) is 0. The molecule has 0 aromatic heterocycles. The zero-order valence-corrected chi connectivity index (χ0v) is 9.72. The van der Waals surface area contributed by atoms with Crippen molar-refractivity contribution in [2.45, 2.75) is 25.3 Å². The van der Waals surface area contributed by atoms with Gasteiger partial charge in [-0.1, -0.05) is 24.4 Å². The monoisotopic (exact) mass is 234 g/mol. The fourth-order valence-electron chi connectivity index (χ4n) is 1.61. The molecule has 1 amide bonds. The minimum Gasteiger partial charge on any atom is -0.389 e. The molecule has 0 atom stereocenters. The summed E-state index contributed by atoms with van der Waals surface area (Å²) < 4.78 is 0. The first-order valence-corrected chi connectivity index (χ1v) is 5.78. The molecular weight excluding hydrogens is 220 g/mol. The van der Waals surface area contributed by atoms with Crippen molar-refractivity contribution in [1.29, 1.82) is 0 Å². The van der Waals surface area contributed by atoms with Gasteiger partial charge in [-0.2, -0.15) is 0 Å². The van der Waals surface area contributed by atoms with Gasteiger partial charge in [0.2, 0.25) is 0 Å². The molecule has 16 heavy (non-hydrogen) atoms. The van der Waals surface area contributed by atoms with Gasteiger partial charge < -0.3 is 11.1 Å². The van der Waals surface area contributed by atoms with Gasteiger partial charge in [0.1, 0.15) is 4.99 Å². The van der Waals surface area contributed by atoms with Gasteiger partial charge in [-0.25, -0.2) is 0 Å². The quantitative estimate of drug-likeness (QED) is 0.781. The minimum absolute atomic E-state index is 0.0146. The van der Waals surface area contributed by atoms with Crippen LogP contribution in [-0.4, -0.2) is 16.9 Å². The normalized spacial score (nSPS) is 15.2. The molecule has 0 bridgehead atoms. The number of carbonyl (C=O) groups is 1. The molecule has 4 heteroatoms. The van der Waals surface area contributed by atoms with E-state index in [4.69, 9.17) is 18.0 Å². The molecule has 0 unspecified atom stereocenters. The van der Waals surface area contributed by atoms with Gasteiger partial charge in [0.05, 0.1) is 0 Å². The van der Waals surface area contributed by atoms with Gasteiger partial charge in [0.15, 0.2) is 0 Å². The highest BCUT2D eigenvalue weighted by atomic mass is 32.1. The highest BCUT2D eigenvalue weighted by Crippen LogP contribution is 2.18. The molecule has 1 fully saturated rings. The van der Waals surface area contributed by atoms with Gasteiger partial charge in [-0.3, -0.25) is 4.79 Å². The van der Waals surface area contributed by atoms with Crippen LogP contribution in [0.1, 0.15) is 35.2 Å². The fourth-order valence-corrected chi connectivity index (χ4v) is 1.74. The van der Waals surface area contributed by atoms with Crippen LogP contribution in [0.5, 0.6) is 0 Å². The maximum Gasteiger partial charge on any atom is 0.251 e.